The summed E-state index contributed by atoms with van der Waals surface area (Å²) in [5.74, 6) is -0.430. The van der Waals surface area contributed by atoms with Gasteiger partial charge < -0.3 is 16.0 Å². The SMILES string of the molecule is CC(C(=O)NCCN1CCCC1)C(N)=S. The first-order valence-corrected chi connectivity index (χ1v) is 5.81. The number of nitrogens with two attached hydrogens (primary N) is 1. The molecule has 0 aromatic carbocycles. The Morgan fingerprint density at radius 1 is 1.53 bits per heavy atom. The molecule has 0 aromatic rings. The van der Waals surface area contributed by atoms with Crippen molar-refractivity contribution in [2.24, 2.45) is 11.7 Å². The summed E-state index contributed by atoms with van der Waals surface area (Å²) >= 11 is 4.76. The van der Waals surface area contributed by atoms with Crippen molar-refractivity contribution in [3.8, 4) is 0 Å². The molecule has 1 heterocycles. The van der Waals surface area contributed by atoms with Crippen molar-refractivity contribution in [3.63, 3.8) is 0 Å². The van der Waals surface area contributed by atoms with Crippen molar-refractivity contribution >= 4 is 23.1 Å². The molecule has 86 valence electrons. The van der Waals surface area contributed by atoms with Crippen LogP contribution >= 0.6 is 12.2 Å². The first kappa shape index (κ1) is 12.4. The van der Waals surface area contributed by atoms with Gasteiger partial charge in [-0.25, -0.2) is 0 Å². The van der Waals surface area contributed by atoms with Crippen LogP contribution in [0.15, 0.2) is 0 Å². The molecule has 1 aliphatic rings. The lowest BCUT2D eigenvalue weighted by Crippen LogP contribution is -2.39. The van der Waals surface area contributed by atoms with Gasteiger partial charge in [-0.2, -0.15) is 0 Å². The minimum atomic E-state index is -0.362. The van der Waals surface area contributed by atoms with Crippen LogP contribution in [0.4, 0.5) is 0 Å². The summed E-state index contributed by atoms with van der Waals surface area (Å²) in [5.41, 5.74) is 5.39. The van der Waals surface area contributed by atoms with Crippen molar-refractivity contribution < 1.29 is 4.79 Å². The van der Waals surface area contributed by atoms with E-state index in [1.165, 1.54) is 12.8 Å². The van der Waals surface area contributed by atoms with Gasteiger partial charge in [0.25, 0.3) is 0 Å². The number of rotatable bonds is 5. The summed E-state index contributed by atoms with van der Waals surface area (Å²) in [6.45, 7) is 5.65. The molecule has 0 spiro atoms. The van der Waals surface area contributed by atoms with E-state index >= 15 is 0 Å². The first-order chi connectivity index (χ1) is 7.11. The normalized spacial score (nSPS) is 18.7. The Kier molecular flexibility index (Phi) is 4.98. The van der Waals surface area contributed by atoms with Crippen LogP contribution in [-0.2, 0) is 4.79 Å². The highest BCUT2D eigenvalue weighted by atomic mass is 32.1. The van der Waals surface area contributed by atoms with Crippen molar-refractivity contribution in [3.05, 3.63) is 0 Å². The second-order valence-electron chi connectivity index (χ2n) is 3.96. The lowest BCUT2D eigenvalue weighted by molar-refractivity contribution is -0.122. The minimum absolute atomic E-state index is 0.0679. The molecule has 5 heteroatoms. The van der Waals surface area contributed by atoms with Crippen LogP contribution in [0.5, 0.6) is 0 Å². The molecule has 3 N–H and O–H groups in total. The van der Waals surface area contributed by atoms with Crippen LogP contribution in [0.25, 0.3) is 0 Å². The largest absolute Gasteiger partial charge is 0.393 e. The standard InChI is InChI=1S/C10H19N3OS/c1-8(9(11)15)10(14)12-4-7-13-5-2-3-6-13/h8H,2-7H2,1H3,(H2,11,15)(H,12,14). The second-order valence-corrected chi connectivity index (χ2v) is 4.44. The van der Waals surface area contributed by atoms with E-state index in [2.05, 4.69) is 10.2 Å². The highest BCUT2D eigenvalue weighted by molar-refractivity contribution is 7.80. The smallest absolute Gasteiger partial charge is 0.229 e. The molecule has 0 bridgehead atoms. The molecule has 1 aliphatic heterocycles. The third-order valence-corrected chi connectivity index (χ3v) is 3.10. The molecule has 0 aliphatic carbocycles. The molecule has 15 heavy (non-hydrogen) atoms. The van der Waals surface area contributed by atoms with Crippen LogP contribution in [0.3, 0.4) is 0 Å². The van der Waals surface area contributed by atoms with E-state index in [1.54, 1.807) is 6.92 Å². The van der Waals surface area contributed by atoms with E-state index in [0.717, 1.165) is 19.6 Å². The molecule has 1 rings (SSSR count). The van der Waals surface area contributed by atoms with Crippen LogP contribution in [0.1, 0.15) is 19.8 Å². The number of amides is 1. The third kappa shape index (κ3) is 4.13. The Hall–Kier alpha value is -0.680. The summed E-state index contributed by atoms with van der Waals surface area (Å²) < 4.78 is 0. The lowest BCUT2D eigenvalue weighted by atomic mass is 10.1. The van der Waals surface area contributed by atoms with Gasteiger partial charge in [0.2, 0.25) is 5.91 Å². The Bertz CT molecular complexity index is 239. The lowest BCUT2D eigenvalue weighted by Gasteiger charge is -2.16. The highest BCUT2D eigenvalue weighted by Crippen LogP contribution is 2.05. The number of carbonyl (C=O) groups excluding carboxylic acids is 1. The molecular formula is C10H19N3OS. The summed E-state index contributed by atoms with van der Waals surface area (Å²) in [4.78, 5) is 14.1. The monoisotopic (exact) mass is 229 g/mol. The van der Waals surface area contributed by atoms with Crippen molar-refractivity contribution in [1.82, 2.24) is 10.2 Å². The molecule has 1 atom stereocenters. The molecular weight excluding hydrogens is 210 g/mol. The maximum absolute atomic E-state index is 11.5. The summed E-state index contributed by atoms with van der Waals surface area (Å²) in [7, 11) is 0. The summed E-state index contributed by atoms with van der Waals surface area (Å²) in [6.07, 6.45) is 2.55. The highest BCUT2D eigenvalue weighted by Gasteiger charge is 2.16. The number of hydrogen-bond acceptors (Lipinski definition) is 3. The fraction of sp³-hybridized carbons (Fsp3) is 0.800. The van der Waals surface area contributed by atoms with E-state index in [4.69, 9.17) is 18.0 Å². The number of likely N-dealkylation sites (tertiary alicyclic amines) is 1. The van der Waals surface area contributed by atoms with Crippen molar-refractivity contribution in [1.29, 1.82) is 0 Å². The number of carbonyl (C=O) groups is 1. The fourth-order valence-electron chi connectivity index (χ4n) is 1.63. The van der Waals surface area contributed by atoms with Gasteiger partial charge in [0, 0.05) is 13.1 Å². The van der Waals surface area contributed by atoms with E-state index < -0.39 is 0 Å². The zero-order valence-electron chi connectivity index (χ0n) is 9.16. The van der Waals surface area contributed by atoms with Crippen LogP contribution < -0.4 is 11.1 Å². The van der Waals surface area contributed by atoms with E-state index in [9.17, 15) is 4.79 Å². The predicted molar refractivity (Wildman–Crippen MR) is 64.6 cm³/mol. The van der Waals surface area contributed by atoms with Crippen LogP contribution in [-0.4, -0.2) is 42.0 Å². The van der Waals surface area contributed by atoms with Gasteiger partial charge in [-0.1, -0.05) is 12.2 Å². The topological polar surface area (TPSA) is 58.4 Å². The average Bonchev–Trinajstić information content (AvgIpc) is 2.69. The Morgan fingerprint density at radius 3 is 2.67 bits per heavy atom. The summed E-state index contributed by atoms with van der Waals surface area (Å²) in [6, 6.07) is 0. The van der Waals surface area contributed by atoms with Crippen LogP contribution in [0, 0.1) is 5.92 Å². The van der Waals surface area contributed by atoms with Crippen molar-refractivity contribution in [2.45, 2.75) is 19.8 Å². The quantitative estimate of drug-likeness (QED) is 0.658. The van der Waals surface area contributed by atoms with Gasteiger partial charge in [-0.3, -0.25) is 4.79 Å². The number of thiocarbonyl (C=S) groups is 1. The Balaban J connectivity index is 2.13. The third-order valence-electron chi connectivity index (χ3n) is 2.75. The molecule has 0 radical (unpaired) electrons. The van der Waals surface area contributed by atoms with Crippen LogP contribution in [0.2, 0.25) is 0 Å². The molecule has 1 unspecified atom stereocenters. The molecule has 1 saturated heterocycles. The van der Waals surface area contributed by atoms with Gasteiger partial charge in [-0.15, -0.1) is 0 Å². The predicted octanol–water partition coefficient (Wildman–Crippen LogP) is 0.121. The van der Waals surface area contributed by atoms with E-state index in [-0.39, 0.29) is 16.8 Å². The zero-order chi connectivity index (χ0) is 11.3. The maximum Gasteiger partial charge on any atom is 0.229 e. The molecule has 1 fully saturated rings. The fourth-order valence-corrected chi connectivity index (χ4v) is 1.73. The first-order valence-electron chi connectivity index (χ1n) is 5.40. The number of nitrogens with one attached hydrogen (secondary N) is 1. The van der Waals surface area contributed by atoms with E-state index in [1.807, 2.05) is 0 Å². The van der Waals surface area contributed by atoms with Gasteiger partial charge in [-0.05, 0) is 32.9 Å². The van der Waals surface area contributed by atoms with Gasteiger partial charge in [0.05, 0.1) is 10.9 Å². The molecule has 0 saturated carbocycles. The van der Waals surface area contributed by atoms with Gasteiger partial charge in [0.1, 0.15) is 0 Å². The maximum atomic E-state index is 11.5. The number of hydrogen-bond donors (Lipinski definition) is 2. The Morgan fingerprint density at radius 2 is 2.13 bits per heavy atom. The summed E-state index contributed by atoms with van der Waals surface area (Å²) in [5, 5.41) is 2.84. The van der Waals surface area contributed by atoms with Crippen molar-refractivity contribution in [2.75, 3.05) is 26.2 Å². The minimum Gasteiger partial charge on any atom is -0.393 e. The molecule has 0 aromatic heterocycles. The number of nitrogens with zero attached hydrogens (tertiary/aromatic N) is 1. The second kappa shape index (κ2) is 6.02. The van der Waals surface area contributed by atoms with Gasteiger partial charge >= 0.3 is 0 Å². The molecule has 1 amide bonds. The zero-order valence-corrected chi connectivity index (χ0v) is 9.98. The average molecular weight is 229 g/mol. The molecule has 4 nitrogen and oxygen atoms in total. The Labute approximate surface area is 96.2 Å². The van der Waals surface area contributed by atoms with E-state index in [0.29, 0.717) is 6.54 Å². The van der Waals surface area contributed by atoms with Gasteiger partial charge in [0.15, 0.2) is 0 Å².